The van der Waals surface area contributed by atoms with Crippen LogP contribution in [0, 0.1) is 0 Å². The van der Waals surface area contributed by atoms with E-state index in [-0.39, 0.29) is 11.6 Å². The molecule has 1 aliphatic carbocycles. The third-order valence-electron chi connectivity index (χ3n) is 5.88. The van der Waals surface area contributed by atoms with Gasteiger partial charge in [-0.25, -0.2) is 9.59 Å². The van der Waals surface area contributed by atoms with Crippen molar-refractivity contribution < 1.29 is 23.5 Å². The number of ether oxygens (including phenoxy) is 2. The number of benzene rings is 1. The summed E-state index contributed by atoms with van der Waals surface area (Å²) in [4.78, 5) is 33.5. The van der Waals surface area contributed by atoms with Crippen molar-refractivity contribution in [2.45, 2.75) is 57.6 Å². The molecule has 1 aromatic heterocycles. The van der Waals surface area contributed by atoms with Crippen LogP contribution in [0.3, 0.4) is 0 Å². The summed E-state index contributed by atoms with van der Waals surface area (Å²) < 4.78 is 16.6. The number of amides is 1. The van der Waals surface area contributed by atoms with E-state index in [2.05, 4.69) is 9.88 Å². The zero-order valence-corrected chi connectivity index (χ0v) is 18.1. The minimum atomic E-state index is -0.526. The Kier molecular flexibility index (Phi) is 5.11. The first-order valence-corrected chi connectivity index (χ1v) is 10.5. The first-order valence-electron chi connectivity index (χ1n) is 10.5. The number of aromatic nitrogens is 1. The van der Waals surface area contributed by atoms with Gasteiger partial charge in [-0.15, -0.1) is 0 Å². The van der Waals surface area contributed by atoms with Crippen LogP contribution in [0.4, 0.5) is 10.8 Å². The van der Waals surface area contributed by atoms with E-state index < -0.39 is 11.6 Å². The lowest BCUT2D eigenvalue weighted by atomic mass is 9.92. The average molecular weight is 415 g/mol. The van der Waals surface area contributed by atoms with E-state index in [0.29, 0.717) is 42.3 Å². The summed E-state index contributed by atoms with van der Waals surface area (Å²) >= 11 is 0. The third kappa shape index (κ3) is 3.70. The molecule has 1 aliphatic heterocycles. The second-order valence-electron chi connectivity index (χ2n) is 9.13. The molecule has 8 heteroatoms. The molecule has 0 atom stereocenters. The number of nitrogens with zero attached hydrogens (tertiary/aromatic N) is 3. The van der Waals surface area contributed by atoms with Crippen LogP contribution in [0.15, 0.2) is 22.6 Å². The largest absolute Gasteiger partial charge is 0.465 e. The van der Waals surface area contributed by atoms with Gasteiger partial charge in [0.05, 0.1) is 18.2 Å². The molecule has 162 valence electrons. The normalized spacial score (nSPS) is 18.8. The third-order valence-corrected chi connectivity index (χ3v) is 5.88. The Bertz CT molecular complexity index is 955. The topological polar surface area (TPSA) is 85.1 Å². The number of carbonyl (C=O) groups excluding carboxylic acids is 2. The Balaban J connectivity index is 1.65. The molecule has 8 nitrogen and oxygen atoms in total. The number of para-hydroxylation sites is 1. The van der Waals surface area contributed by atoms with Gasteiger partial charge in [0, 0.05) is 19.6 Å². The maximum Gasteiger partial charge on any atom is 0.410 e. The van der Waals surface area contributed by atoms with Crippen molar-refractivity contribution in [2.75, 3.05) is 31.6 Å². The van der Waals surface area contributed by atoms with Crippen molar-refractivity contribution >= 4 is 29.2 Å². The van der Waals surface area contributed by atoms with Crippen LogP contribution in [0.2, 0.25) is 0 Å². The summed E-state index contributed by atoms with van der Waals surface area (Å²) in [5.41, 5.74) is 0.680. The highest BCUT2D eigenvalue weighted by Crippen LogP contribution is 2.41. The molecular formula is C22H29N3O5. The predicted molar refractivity (Wildman–Crippen MR) is 112 cm³/mol. The van der Waals surface area contributed by atoms with E-state index in [4.69, 9.17) is 13.9 Å². The predicted octanol–water partition coefficient (Wildman–Crippen LogP) is 3.98. The van der Waals surface area contributed by atoms with E-state index >= 15 is 0 Å². The minimum Gasteiger partial charge on any atom is -0.465 e. The summed E-state index contributed by atoms with van der Waals surface area (Å²) in [6.07, 6.45) is 3.81. The fourth-order valence-corrected chi connectivity index (χ4v) is 4.55. The van der Waals surface area contributed by atoms with Gasteiger partial charge >= 0.3 is 12.1 Å². The summed E-state index contributed by atoms with van der Waals surface area (Å²) in [7, 11) is 1.35. The van der Waals surface area contributed by atoms with Crippen molar-refractivity contribution in [1.29, 1.82) is 0 Å². The number of fused-ring (bicyclic) bond motifs is 1. The van der Waals surface area contributed by atoms with Crippen LogP contribution in [-0.4, -0.2) is 59.8 Å². The second-order valence-corrected chi connectivity index (χ2v) is 9.13. The van der Waals surface area contributed by atoms with E-state index in [0.717, 1.165) is 25.7 Å². The van der Waals surface area contributed by atoms with Gasteiger partial charge in [-0.3, -0.25) is 0 Å². The molecule has 2 aliphatic rings. The second kappa shape index (κ2) is 7.49. The Labute approximate surface area is 176 Å². The fraction of sp³-hybridized carbons (Fsp3) is 0.591. The van der Waals surface area contributed by atoms with Crippen molar-refractivity contribution in [2.24, 2.45) is 0 Å². The van der Waals surface area contributed by atoms with Gasteiger partial charge in [0.2, 0.25) is 0 Å². The highest BCUT2D eigenvalue weighted by Gasteiger charge is 2.47. The molecule has 2 aromatic rings. The Morgan fingerprint density at radius 1 is 1.17 bits per heavy atom. The van der Waals surface area contributed by atoms with Gasteiger partial charge in [-0.05, 0) is 45.7 Å². The van der Waals surface area contributed by atoms with Crippen molar-refractivity contribution in [3.8, 4) is 0 Å². The number of piperazine rings is 1. The molecule has 2 heterocycles. The lowest BCUT2D eigenvalue weighted by molar-refractivity contribution is 0.0159. The Morgan fingerprint density at radius 2 is 1.90 bits per heavy atom. The maximum atomic E-state index is 12.7. The first kappa shape index (κ1) is 20.5. The molecular weight excluding hydrogens is 386 g/mol. The number of anilines is 1. The van der Waals surface area contributed by atoms with Gasteiger partial charge in [0.25, 0.3) is 6.01 Å². The van der Waals surface area contributed by atoms with Crippen molar-refractivity contribution in [1.82, 2.24) is 9.88 Å². The van der Waals surface area contributed by atoms with Crippen LogP contribution < -0.4 is 4.90 Å². The zero-order valence-electron chi connectivity index (χ0n) is 18.1. The molecule has 0 N–H and O–H groups in total. The molecule has 1 spiro atoms. The molecule has 2 fully saturated rings. The van der Waals surface area contributed by atoms with Crippen LogP contribution >= 0.6 is 0 Å². The maximum absolute atomic E-state index is 12.7. The molecule has 0 bridgehead atoms. The quantitative estimate of drug-likeness (QED) is 0.686. The Morgan fingerprint density at radius 3 is 2.57 bits per heavy atom. The minimum absolute atomic E-state index is 0.235. The number of methoxy groups -OCH3 is 1. The zero-order chi connectivity index (χ0) is 21.5. The van der Waals surface area contributed by atoms with E-state index in [9.17, 15) is 9.59 Å². The average Bonchev–Trinajstić information content (AvgIpc) is 3.33. The van der Waals surface area contributed by atoms with Crippen LogP contribution in [0.1, 0.15) is 56.8 Å². The van der Waals surface area contributed by atoms with Crippen LogP contribution in [0.5, 0.6) is 0 Å². The van der Waals surface area contributed by atoms with Crippen LogP contribution in [0.25, 0.3) is 11.1 Å². The number of esters is 1. The number of carbonyl (C=O) groups is 2. The lowest BCUT2D eigenvalue weighted by Crippen LogP contribution is -2.63. The molecule has 1 amide bonds. The standard InChI is InChI=1S/C22H29N3O5/c1-21(2,3)30-20(27)24-12-13-25(22(14-24)10-5-6-11-22)19-23-17-15(18(26)28-4)8-7-9-16(17)29-19/h7-9H,5-6,10-14H2,1-4H3. The van der Waals surface area contributed by atoms with E-state index in [1.807, 2.05) is 20.8 Å². The Hall–Kier alpha value is -2.77. The summed E-state index contributed by atoms with van der Waals surface area (Å²) in [6, 6.07) is 5.74. The smallest absolute Gasteiger partial charge is 0.410 e. The highest BCUT2D eigenvalue weighted by molar-refractivity contribution is 6.01. The molecule has 0 radical (unpaired) electrons. The van der Waals surface area contributed by atoms with Gasteiger partial charge in [0.15, 0.2) is 5.58 Å². The summed E-state index contributed by atoms with van der Waals surface area (Å²) in [5, 5.41) is 0. The van der Waals surface area contributed by atoms with E-state index in [1.54, 1.807) is 23.1 Å². The molecule has 1 saturated heterocycles. The van der Waals surface area contributed by atoms with Gasteiger partial charge in [0.1, 0.15) is 11.1 Å². The molecule has 0 unspecified atom stereocenters. The summed E-state index contributed by atoms with van der Waals surface area (Å²) in [5.74, 6) is -0.439. The number of hydrogen-bond donors (Lipinski definition) is 0. The van der Waals surface area contributed by atoms with Crippen molar-refractivity contribution in [3.05, 3.63) is 23.8 Å². The van der Waals surface area contributed by atoms with Gasteiger partial charge in [-0.2, -0.15) is 4.98 Å². The highest BCUT2D eigenvalue weighted by atomic mass is 16.6. The monoisotopic (exact) mass is 415 g/mol. The van der Waals surface area contributed by atoms with Crippen molar-refractivity contribution in [3.63, 3.8) is 0 Å². The lowest BCUT2D eigenvalue weighted by Gasteiger charge is -2.48. The molecule has 1 saturated carbocycles. The van der Waals surface area contributed by atoms with Crippen LogP contribution in [-0.2, 0) is 9.47 Å². The fourth-order valence-electron chi connectivity index (χ4n) is 4.55. The van der Waals surface area contributed by atoms with Gasteiger partial charge < -0.3 is 23.7 Å². The number of oxazole rings is 1. The first-order chi connectivity index (χ1) is 14.2. The number of hydrogen-bond acceptors (Lipinski definition) is 7. The van der Waals surface area contributed by atoms with Gasteiger partial charge in [-0.1, -0.05) is 18.9 Å². The SMILES string of the molecule is COC(=O)c1cccc2oc(N3CCN(C(=O)OC(C)(C)C)CC34CCCC4)nc12. The molecule has 30 heavy (non-hydrogen) atoms. The summed E-state index contributed by atoms with van der Waals surface area (Å²) in [6.45, 7) is 7.33. The molecule has 4 rings (SSSR count). The number of rotatable bonds is 2. The van der Waals surface area contributed by atoms with E-state index in [1.165, 1.54) is 7.11 Å². The molecule has 1 aromatic carbocycles.